The van der Waals surface area contributed by atoms with Gasteiger partial charge in [0, 0.05) is 19.2 Å². The average Bonchev–Trinajstić information content (AvgIpc) is 2.52. The third-order valence-corrected chi connectivity index (χ3v) is 3.18. The van der Waals surface area contributed by atoms with Crippen LogP contribution in [0.25, 0.3) is 0 Å². The van der Waals surface area contributed by atoms with Crippen molar-refractivity contribution in [1.29, 1.82) is 0 Å². The van der Waals surface area contributed by atoms with E-state index in [2.05, 4.69) is 52.4 Å². The summed E-state index contributed by atoms with van der Waals surface area (Å²) in [6, 6.07) is 1.94. The van der Waals surface area contributed by atoms with Gasteiger partial charge in [-0.05, 0) is 32.3 Å². The Morgan fingerprint density at radius 1 is 1.29 bits per heavy atom. The van der Waals surface area contributed by atoms with Gasteiger partial charge in [0.2, 0.25) is 0 Å². The van der Waals surface area contributed by atoms with Gasteiger partial charge in [0.25, 0.3) is 0 Å². The predicted molar refractivity (Wildman–Crippen MR) is 105 cm³/mol. The second-order valence-corrected chi connectivity index (χ2v) is 5.71. The van der Waals surface area contributed by atoms with Gasteiger partial charge in [0.05, 0.1) is 6.21 Å². The Labute approximate surface area is 145 Å². The maximum Gasteiger partial charge on any atom is 0.152 e. The molecule has 0 fully saturated rings. The zero-order chi connectivity index (χ0) is 17.9. The van der Waals surface area contributed by atoms with E-state index in [4.69, 9.17) is 0 Å². The molecular formula is C19H29N5. The predicted octanol–water partition coefficient (Wildman–Crippen LogP) is 4.50. The molecule has 0 unspecified atom stereocenters. The van der Waals surface area contributed by atoms with Crippen LogP contribution < -0.4 is 10.3 Å². The van der Waals surface area contributed by atoms with Crippen molar-refractivity contribution in [3.8, 4) is 0 Å². The normalized spacial score (nSPS) is 11.6. The summed E-state index contributed by atoms with van der Waals surface area (Å²) in [5.74, 6) is 2.35. The lowest BCUT2D eigenvalue weighted by molar-refractivity contribution is 0.730. The SMILES string of the molecule is C=CC(/C=N/Nc1cc(N(CCC)CCC)nc(C)n1)=C\C(=C)C. The van der Waals surface area contributed by atoms with E-state index in [1.165, 1.54) is 0 Å². The molecular weight excluding hydrogens is 298 g/mol. The molecule has 130 valence electrons. The maximum atomic E-state index is 4.55. The highest BCUT2D eigenvalue weighted by Gasteiger charge is 2.09. The molecule has 0 atom stereocenters. The Bertz CT molecular complexity index is 610. The highest BCUT2D eigenvalue weighted by molar-refractivity contribution is 5.83. The number of aryl methyl sites for hydroxylation is 1. The third-order valence-electron chi connectivity index (χ3n) is 3.18. The molecule has 0 radical (unpaired) electrons. The Balaban J connectivity index is 2.93. The van der Waals surface area contributed by atoms with Crippen LogP contribution in [0.1, 0.15) is 39.4 Å². The van der Waals surface area contributed by atoms with Gasteiger partial charge in [-0.15, -0.1) is 0 Å². The van der Waals surface area contributed by atoms with Gasteiger partial charge < -0.3 is 4.90 Å². The summed E-state index contributed by atoms with van der Waals surface area (Å²) >= 11 is 0. The smallest absolute Gasteiger partial charge is 0.152 e. The minimum Gasteiger partial charge on any atom is -0.356 e. The first-order valence-corrected chi connectivity index (χ1v) is 8.39. The minimum absolute atomic E-state index is 0.685. The van der Waals surface area contributed by atoms with E-state index in [0.717, 1.165) is 48.7 Å². The third kappa shape index (κ3) is 6.77. The Morgan fingerprint density at radius 2 is 1.96 bits per heavy atom. The molecule has 0 saturated heterocycles. The average molecular weight is 327 g/mol. The molecule has 5 heteroatoms. The van der Waals surface area contributed by atoms with Crippen LogP contribution >= 0.6 is 0 Å². The zero-order valence-electron chi connectivity index (χ0n) is 15.3. The number of allylic oxidation sites excluding steroid dienone is 4. The van der Waals surface area contributed by atoms with Gasteiger partial charge in [-0.2, -0.15) is 5.10 Å². The highest BCUT2D eigenvalue weighted by Crippen LogP contribution is 2.16. The second-order valence-electron chi connectivity index (χ2n) is 5.71. The summed E-state index contributed by atoms with van der Waals surface area (Å²) in [6.07, 6.45) is 7.52. The van der Waals surface area contributed by atoms with E-state index < -0.39 is 0 Å². The number of hydrogen-bond donors (Lipinski definition) is 1. The molecule has 1 aromatic rings. The van der Waals surface area contributed by atoms with Gasteiger partial charge in [-0.3, -0.25) is 5.43 Å². The van der Waals surface area contributed by atoms with E-state index in [9.17, 15) is 0 Å². The molecule has 0 aliphatic carbocycles. The van der Waals surface area contributed by atoms with Gasteiger partial charge in [0.15, 0.2) is 5.82 Å². The lowest BCUT2D eigenvalue weighted by atomic mass is 10.2. The molecule has 0 spiro atoms. The number of aromatic nitrogens is 2. The van der Waals surface area contributed by atoms with Gasteiger partial charge in [-0.1, -0.05) is 44.7 Å². The Morgan fingerprint density at radius 3 is 2.50 bits per heavy atom. The zero-order valence-corrected chi connectivity index (χ0v) is 15.3. The number of anilines is 2. The van der Waals surface area contributed by atoms with Crippen LogP contribution in [0.3, 0.4) is 0 Å². The fraction of sp³-hybridized carbons (Fsp3) is 0.421. The van der Waals surface area contributed by atoms with E-state index in [0.29, 0.717) is 5.82 Å². The molecule has 24 heavy (non-hydrogen) atoms. The summed E-state index contributed by atoms with van der Waals surface area (Å²) in [4.78, 5) is 11.2. The molecule has 1 aromatic heterocycles. The van der Waals surface area contributed by atoms with E-state index in [1.807, 2.05) is 26.0 Å². The Hall–Kier alpha value is -2.43. The molecule has 1 heterocycles. The number of nitrogens with zero attached hydrogens (tertiary/aromatic N) is 4. The first kappa shape index (κ1) is 19.6. The van der Waals surface area contributed by atoms with Crippen molar-refractivity contribution in [3.63, 3.8) is 0 Å². The largest absolute Gasteiger partial charge is 0.356 e. The fourth-order valence-corrected chi connectivity index (χ4v) is 2.26. The van der Waals surface area contributed by atoms with Gasteiger partial charge in [-0.25, -0.2) is 9.97 Å². The van der Waals surface area contributed by atoms with Crippen molar-refractivity contribution < 1.29 is 0 Å². The number of rotatable bonds is 10. The molecule has 0 amide bonds. The first-order chi connectivity index (χ1) is 11.5. The molecule has 0 aliphatic rings. The summed E-state index contributed by atoms with van der Waals surface area (Å²) in [6.45, 7) is 17.8. The second kappa shape index (κ2) is 10.4. The topological polar surface area (TPSA) is 53.4 Å². The molecule has 0 aliphatic heterocycles. The van der Waals surface area contributed by atoms with Gasteiger partial charge in [0.1, 0.15) is 11.6 Å². The lowest BCUT2D eigenvalue weighted by Gasteiger charge is -2.23. The van der Waals surface area contributed by atoms with Crippen LogP contribution in [0.4, 0.5) is 11.6 Å². The highest BCUT2D eigenvalue weighted by atomic mass is 15.3. The molecule has 1 N–H and O–H groups in total. The van der Waals surface area contributed by atoms with Crippen LogP contribution in [-0.4, -0.2) is 29.3 Å². The quantitative estimate of drug-likeness (QED) is 0.390. The molecule has 5 nitrogen and oxygen atoms in total. The molecule has 1 rings (SSSR count). The van der Waals surface area contributed by atoms with Crippen LogP contribution in [0.2, 0.25) is 0 Å². The van der Waals surface area contributed by atoms with Crippen molar-refractivity contribution in [1.82, 2.24) is 9.97 Å². The first-order valence-electron chi connectivity index (χ1n) is 8.39. The summed E-state index contributed by atoms with van der Waals surface area (Å²) < 4.78 is 0. The van der Waals surface area contributed by atoms with Crippen LogP contribution in [0.5, 0.6) is 0 Å². The van der Waals surface area contributed by atoms with Gasteiger partial charge >= 0.3 is 0 Å². The number of hydrogen-bond acceptors (Lipinski definition) is 5. The molecule has 0 bridgehead atoms. The molecule has 0 saturated carbocycles. The summed E-state index contributed by atoms with van der Waals surface area (Å²) in [5, 5.41) is 4.23. The van der Waals surface area contributed by atoms with Crippen LogP contribution in [0.15, 0.2) is 47.6 Å². The lowest BCUT2D eigenvalue weighted by Crippen LogP contribution is -2.26. The van der Waals surface area contributed by atoms with Crippen molar-refractivity contribution in [2.75, 3.05) is 23.4 Å². The monoisotopic (exact) mass is 327 g/mol. The maximum absolute atomic E-state index is 4.55. The van der Waals surface area contributed by atoms with Crippen molar-refractivity contribution in [2.24, 2.45) is 5.10 Å². The summed E-state index contributed by atoms with van der Waals surface area (Å²) in [7, 11) is 0. The van der Waals surface area contributed by atoms with Crippen LogP contribution in [0, 0.1) is 6.92 Å². The van der Waals surface area contributed by atoms with E-state index in [-0.39, 0.29) is 0 Å². The molecule has 0 aromatic carbocycles. The Kier molecular flexibility index (Phi) is 8.47. The van der Waals surface area contributed by atoms with Crippen molar-refractivity contribution in [2.45, 2.75) is 40.5 Å². The number of nitrogens with one attached hydrogen (secondary N) is 1. The van der Waals surface area contributed by atoms with E-state index >= 15 is 0 Å². The fourth-order valence-electron chi connectivity index (χ4n) is 2.26. The summed E-state index contributed by atoms with van der Waals surface area (Å²) in [5.41, 5.74) is 4.82. The van der Waals surface area contributed by atoms with E-state index in [1.54, 1.807) is 12.3 Å². The minimum atomic E-state index is 0.685. The van der Waals surface area contributed by atoms with Crippen molar-refractivity contribution in [3.05, 3.63) is 48.3 Å². The standard InChI is InChI=1S/C19H29N5/c1-7-10-24(11-8-2)19-13-18(21-16(6)22-19)23-20-14-17(9-3)12-15(4)5/h9,12-14H,3-4,7-8,10-11H2,1-2,5-6H3,(H,21,22,23)/b17-12+,20-14+. The van der Waals surface area contributed by atoms with Crippen molar-refractivity contribution >= 4 is 17.9 Å². The number of hydrazone groups is 1. The van der Waals surface area contributed by atoms with Crippen LogP contribution in [-0.2, 0) is 0 Å².